The summed E-state index contributed by atoms with van der Waals surface area (Å²) in [7, 11) is 3.19. The Balaban J connectivity index is 3.02. The van der Waals surface area contributed by atoms with Gasteiger partial charge >= 0.3 is 0 Å². The third kappa shape index (κ3) is 5.18. The molecule has 1 rings (SSSR count). The van der Waals surface area contributed by atoms with Gasteiger partial charge in [-0.2, -0.15) is 4.98 Å². The summed E-state index contributed by atoms with van der Waals surface area (Å²) in [6.07, 6.45) is 0. The van der Waals surface area contributed by atoms with Crippen molar-refractivity contribution in [3.05, 3.63) is 5.82 Å². The van der Waals surface area contributed by atoms with Crippen molar-refractivity contribution in [1.82, 2.24) is 9.97 Å². The van der Waals surface area contributed by atoms with E-state index in [1.807, 2.05) is 20.8 Å². The van der Waals surface area contributed by atoms with E-state index in [4.69, 9.17) is 19.9 Å². The van der Waals surface area contributed by atoms with Crippen LogP contribution in [0.2, 0.25) is 0 Å². The Morgan fingerprint density at radius 2 is 1.80 bits per heavy atom. The summed E-state index contributed by atoms with van der Waals surface area (Å²) in [5, 5.41) is 3.24. The van der Waals surface area contributed by atoms with Crippen LogP contribution in [-0.2, 0) is 16.1 Å². The predicted molar refractivity (Wildman–Crippen MR) is 77.9 cm³/mol. The summed E-state index contributed by atoms with van der Waals surface area (Å²) in [4.78, 5) is 8.60. The smallest absolute Gasteiger partial charge is 0.243 e. The van der Waals surface area contributed by atoms with Crippen LogP contribution in [0.4, 0.5) is 11.5 Å². The van der Waals surface area contributed by atoms with Crippen LogP contribution in [0.5, 0.6) is 5.88 Å². The summed E-state index contributed by atoms with van der Waals surface area (Å²) in [6, 6.07) is 0. The van der Waals surface area contributed by atoms with Crippen molar-refractivity contribution in [2.45, 2.75) is 32.9 Å². The number of nitrogen functional groups attached to an aromatic ring is 1. The van der Waals surface area contributed by atoms with Gasteiger partial charge in [0.15, 0.2) is 11.6 Å². The van der Waals surface area contributed by atoms with E-state index in [1.165, 1.54) is 0 Å². The number of rotatable bonds is 7. The second-order valence-electron chi connectivity index (χ2n) is 5.36. The van der Waals surface area contributed by atoms with E-state index in [0.29, 0.717) is 43.0 Å². The van der Waals surface area contributed by atoms with Crippen LogP contribution < -0.4 is 15.8 Å². The van der Waals surface area contributed by atoms with Crippen molar-refractivity contribution >= 4 is 11.5 Å². The molecule has 0 radical (unpaired) electrons. The van der Waals surface area contributed by atoms with Crippen molar-refractivity contribution in [3.63, 3.8) is 0 Å². The van der Waals surface area contributed by atoms with E-state index in [-0.39, 0.29) is 5.54 Å². The van der Waals surface area contributed by atoms with Gasteiger partial charge in [-0.25, -0.2) is 4.98 Å². The Morgan fingerprint density at radius 3 is 2.35 bits per heavy atom. The molecule has 1 aromatic rings. The van der Waals surface area contributed by atoms with E-state index < -0.39 is 0 Å². The van der Waals surface area contributed by atoms with E-state index in [1.54, 1.807) is 14.2 Å². The normalized spacial score (nSPS) is 11.4. The number of anilines is 2. The Labute approximate surface area is 119 Å². The molecule has 0 unspecified atom stereocenters. The summed E-state index contributed by atoms with van der Waals surface area (Å²) >= 11 is 0. The summed E-state index contributed by atoms with van der Waals surface area (Å²) in [6.45, 7) is 7.20. The molecular weight excluding hydrogens is 260 g/mol. The van der Waals surface area contributed by atoms with Crippen LogP contribution in [0, 0.1) is 0 Å². The lowest BCUT2D eigenvalue weighted by Crippen LogP contribution is -2.28. The van der Waals surface area contributed by atoms with Gasteiger partial charge in [-0.15, -0.1) is 0 Å². The van der Waals surface area contributed by atoms with Crippen LogP contribution >= 0.6 is 0 Å². The fraction of sp³-hybridized carbons (Fsp3) is 0.692. The highest BCUT2D eigenvalue weighted by atomic mass is 16.5. The first-order valence-electron chi connectivity index (χ1n) is 6.42. The van der Waals surface area contributed by atoms with Gasteiger partial charge in [-0.05, 0) is 20.8 Å². The fourth-order valence-corrected chi connectivity index (χ4v) is 1.47. The van der Waals surface area contributed by atoms with Gasteiger partial charge in [-0.3, -0.25) is 0 Å². The van der Waals surface area contributed by atoms with Crippen molar-refractivity contribution in [1.29, 1.82) is 0 Å². The van der Waals surface area contributed by atoms with E-state index in [9.17, 15) is 0 Å². The number of nitrogens with one attached hydrogen (secondary N) is 1. The minimum absolute atomic E-state index is 0.170. The minimum Gasteiger partial charge on any atom is -0.474 e. The summed E-state index contributed by atoms with van der Waals surface area (Å²) in [5.41, 5.74) is 6.26. The predicted octanol–water partition coefficient (Wildman–Crippen LogP) is 1.44. The molecule has 0 amide bonds. The third-order valence-corrected chi connectivity index (χ3v) is 2.25. The lowest BCUT2D eigenvalue weighted by molar-refractivity contribution is 0.142. The van der Waals surface area contributed by atoms with Gasteiger partial charge in [-0.1, -0.05) is 0 Å². The maximum atomic E-state index is 6.04. The first-order valence-corrected chi connectivity index (χ1v) is 6.42. The molecule has 0 bridgehead atoms. The number of aromatic nitrogens is 2. The van der Waals surface area contributed by atoms with Gasteiger partial charge in [0, 0.05) is 19.8 Å². The first kappa shape index (κ1) is 16.5. The highest BCUT2D eigenvalue weighted by molar-refractivity contribution is 5.67. The van der Waals surface area contributed by atoms with Gasteiger partial charge in [0.2, 0.25) is 5.88 Å². The topological polar surface area (TPSA) is 91.5 Å². The van der Waals surface area contributed by atoms with Gasteiger partial charge in [0.05, 0.1) is 6.61 Å². The quantitative estimate of drug-likeness (QED) is 0.732. The molecule has 7 heteroatoms. The van der Waals surface area contributed by atoms with E-state index in [2.05, 4.69) is 15.3 Å². The second-order valence-corrected chi connectivity index (χ2v) is 5.36. The average Bonchev–Trinajstić information content (AvgIpc) is 2.33. The molecule has 7 nitrogen and oxygen atoms in total. The molecule has 0 saturated heterocycles. The molecule has 0 fully saturated rings. The van der Waals surface area contributed by atoms with Crippen molar-refractivity contribution in [2.24, 2.45) is 0 Å². The highest BCUT2D eigenvalue weighted by Gasteiger charge is 2.18. The Morgan fingerprint density at radius 1 is 1.10 bits per heavy atom. The summed E-state index contributed by atoms with van der Waals surface area (Å²) in [5.74, 6) is 1.41. The highest BCUT2D eigenvalue weighted by Crippen LogP contribution is 2.28. The molecule has 20 heavy (non-hydrogen) atoms. The molecular formula is C13H24N4O3. The van der Waals surface area contributed by atoms with Crippen molar-refractivity contribution < 1.29 is 14.2 Å². The van der Waals surface area contributed by atoms with Gasteiger partial charge in [0.25, 0.3) is 0 Å². The van der Waals surface area contributed by atoms with Crippen LogP contribution in [-0.4, -0.2) is 42.9 Å². The number of hydrogen-bond acceptors (Lipinski definition) is 7. The van der Waals surface area contributed by atoms with Crippen LogP contribution in [0.1, 0.15) is 26.6 Å². The Bertz CT molecular complexity index is 432. The zero-order chi connectivity index (χ0) is 15.2. The molecule has 1 aromatic heterocycles. The van der Waals surface area contributed by atoms with Crippen LogP contribution in [0.3, 0.4) is 0 Å². The molecule has 0 aromatic carbocycles. The van der Waals surface area contributed by atoms with Gasteiger partial charge < -0.3 is 25.3 Å². The molecule has 0 aliphatic carbocycles. The van der Waals surface area contributed by atoms with Crippen LogP contribution in [0.15, 0.2) is 0 Å². The number of nitrogens with zero attached hydrogens (tertiary/aromatic N) is 2. The maximum absolute atomic E-state index is 6.04. The average molecular weight is 284 g/mol. The Kier molecular flexibility index (Phi) is 5.97. The molecule has 0 saturated carbocycles. The standard InChI is InChI=1S/C13H24N4O3/c1-13(2,3)17-11-10(14)12(20-7-6-18-4)16-9(15-11)8-19-5/h6-8,14H2,1-5H3,(H,15,16,17). The Hall–Kier alpha value is -1.60. The first-order chi connectivity index (χ1) is 9.37. The van der Waals surface area contributed by atoms with Crippen molar-refractivity contribution in [2.75, 3.05) is 38.5 Å². The number of methoxy groups -OCH3 is 2. The SMILES string of the molecule is COCCOc1nc(COC)nc(NC(C)(C)C)c1N. The molecule has 1 heterocycles. The lowest BCUT2D eigenvalue weighted by Gasteiger charge is -2.23. The minimum atomic E-state index is -0.170. The maximum Gasteiger partial charge on any atom is 0.243 e. The zero-order valence-electron chi connectivity index (χ0n) is 12.8. The summed E-state index contributed by atoms with van der Waals surface area (Å²) < 4.78 is 15.5. The monoisotopic (exact) mass is 284 g/mol. The number of hydrogen-bond donors (Lipinski definition) is 2. The number of nitrogens with two attached hydrogens (primary N) is 1. The molecule has 114 valence electrons. The lowest BCUT2D eigenvalue weighted by atomic mass is 10.1. The van der Waals surface area contributed by atoms with Gasteiger partial charge in [0.1, 0.15) is 18.9 Å². The third-order valence-electron chi connectivity index (χ3n) is 2.25. The molecule has 0 aliphatic heterocycles. The number of ether oxygens (including phenoxy) is 3. The van der Waals surface area contributed by atoms with Crippen molar-refractivity contribution in [3.8, 4) is 5.88 Å². The molecule has 0 spiro atoms. The molecule has 0 atom stereocenters. The van der Waals surface area contributed by atoms with Crippen LogP contribution in [0.25, 0.3) is 0 Å². The fourth-order valence-electron chi connectivity index (χ4n) is 1.47. The molecule has 0 aliphatic rings. The largest absolute Gasteiger partial charge is 0.474 e. The van der Waals surface area contributed by atoms with E-state index in [0.717, 1.165) is 0 Å². The molecule has 3 N–H and O–H groups in total. The zero-order valence-corrected chi connectivity index (χ0v) is 12.8. The van der Waals surface area contributed by atoms with E-state index >= 15 is 0 Å². The second kappa shape index (κ2) is 7.25.